The van der Waals surface area contributed by atoms with Crippen LogP contribution < -0.4 is 5.32 Å². The second-order valence-electron chi connectivity index (χ2n) is 4.21. The van der Waals surface area contributed by atoms with E-state index in [2.05, 4.69) is 5.32 Å². The fourth-order valence-electron chi connectivity index (χ4n) is 1.53. The maximum absolute atomic E-state index is 13.3. The Hall–Kier alpha value is -1.42. The minimum Gasteiger partial charge on any atom is -0.481 e. The van der Waals surface area contributed by atoms with Crippen molar-refractivity contribution in [3.05, 3.63) is 35.6 Å². The first-order valence-corrected chi connectivity index (χ1v) is 5.72. The number of halogens is 1. The van der Waals surface area contributed by atoms with Crippen LogP contribution in [0.3, 0.4) is 0 Å². The third-order valence-electron chi connectivity index (χ3n) is 2.96. The van der Waals surface area contributed by atoms with Crippen LogP contribution in [-0.4, -0.2) is 23.7 Å². The zero-order valence-corrected chi connectivity index (χ0v) is 10.1. The van der Waals surface area contributed by atoms with E-state index >= 15 is 0 Å². The Morgan fingerprint density at radius 3 is 2.65 bits per heavy atom. The van der Waals surface area contributed by atoms with Gasteiger partial charge in [-0.05, 0) is 31.5 Å². The van der Waals surface area contributed by atoms with E-state index in [1.54, 1.807) is 25.1 Å². The Balaban J connectivity index is 2.38. The maximum atomic E-state index is 13.3. The van der Waals surface area contributed by atoms with Crippen molar-refractivity contribution >= 4 is 5.97 Å². The van der Waals surface area contributed by atoms with Crippen molar-refractivity contribution in [2.75, 3.05) is 6.54 Å². The number of nitrogens with one attached hydrogen (secondary N) is 1. The summed E-state index contributed by atoms with van der Waals surface area (Å²) in [6.07, 6.45) is 0.559. The molecule has 17 heavy (non-hydrogen) atoms. The zero-order valence-electron chi connectivity index (χ0n) is 10.1. The summed E-state index contributed by atoms with van der Waals surface area (Å²) in [5.41, 5.74) is 0.648. The van der Waals surface area contributed by atoms with Gasteiger partial charge < -0.3 is 10.4 Å². The van der Waals surface area contributed by atoms with E-state index in [0.29, 0.717) is 18.5 Å². The highest BCUT2D eigenvalue weighted by Gasteiger charge is 2.18. The highest BCUT2D eigenvalue weighted by molar-refractivity contribution is 5.70. The van der Waals surface area contributed by atoms with E-state index in [0.717, 1.165) is 0 Å². The van der Waals surface area contributed by atoms with Crippen molar-refractivity contribution in [1.29, 1.82) is 0 Å². The molecule has 0 fully saturated rings. The van der Waals surface area contributed by atoms with Gasteiger partial charge in [-0.2, -0.15) is 0 Å². The number of hydrogen-bond acceptors (Lipinski definition) is 2. The summed E-state index contributed by atoms with van der Waals surface area (Å²) < 4.78 is 13.3. The van der Waals surface area contributed by atoms with E-state index in [4.69, 9.17) is 5.11 Å². The fourth-order valence-corrected chi connectivity index (χ4v) is 1.53. The smallest absolute Gasteiger partial charge is 0.307 e. The van der Waals surface area contributed by atoms with E-state index in [9.17, 15) is 9.18 Å². The molecule has 0 saturated heterocycles. The van der Waals surface area contributed by atoms with Crippen LogP contribution in [0.4, 0.5) is 4.39 Å². The van der Waals surface area contributed by atoms with Crippen molar-refractivity contribution in [1.82, 2.24) is 5.32 Å². The van der Waals surface area contributed by atoms with E-state index in [-0.39, 0.29) is 11.9 Å². The van der Waals surface area contributed by atoms with E-state index in [1.807, 2.05) is 6.92 Å². The molecule has 94 valence electrons. The summed E-state index contributed by atoms with van der Waals surface area (Å²) >= 11 is 0. The predicted octanol–water partition coefficient (Wildman–Crippen LogP) is 2.07. The first-order valence-electron chi connectivity index (χ1n) is 5.72. The lowest BCUT2D eigenvalue weighted by atomic mass is 10.0. The Kier molecular flexibility index (Phi) is 5.10. The van der Waals surface area contributed by atoms with Gasteiger partial charge in [0.25, 0.3) is 0 Å². The summed E-state index contributed by atoms with van der Waals surface area (Å²) in [5.74, 6) is -1.49. The number of carboxylic acid groups (broad SMARTS) is 1. The second kappa shape index (κ2) is 6.35. The van der Waals surface area contributed by atoms with Crippen molar-refractivity contribution in [3.63, 3.8) is 0 Å². The monoisotopic (exact) mass is 239 g/mol. The van der Waals surface area contributed by atoms with Crippen LogP contribution in [-0.2, 0) is 11.2 Å². The molecule has 2 unspecified atom stereocenters. The van der Waals surface area contributed by atoms with Crippen molar-refractivity contribution < 1.29 is 14.3 Å². The van der Waals surface area contributed by atoms with Crippen LogP contribution >= 0.6 is 0 Å². The normalized spacial score (nSPS) is 14.3. The lowest BCUT2D eigenvalue weighted by Crippen LogP contribution is -2.37. The average Bonchev–Trinajstić information content (AvgIpc) is 2.30. The number of rotatable bonds is 6. The Bertz CT molecular complexity index is 381. The van der Waals surface area contributed by atoms with Crippen molar-refractivity contribution in [3.8, 4) is 0 Å². The lowest BCUT2D eigenvalue weighted by Gasteiger charge is -2.17. The number of hydrogen-bond donors (Lipinski definition) is 2. The molecule has 0 saturated carbocycles. The van der Waals surface area contributed by atoms with E-state index in [1.165, 1.54) is 6.07 Å². The molecule has 0 bridgehead atoms. The summed E-state index contributed by atoms with van der Waals surface area (Å²) in [4.78, 5) is 10.7. The molecule has 0 amide bonds. The maximum Gasteiger partial charge on any atom is 0.307 e. The average molecular weight is 239 g/mol. The molecule has 1 aromatic carbocycles. The Morgan fingerprint density at radius 1 is 1.41 bits per heavy atom. The van der Waals surface area contributed by atoms with Gasteiger partial charge in [-0.25, -0.2) is 4.39 Å². The van der Waals surface area contributed by atoms with Crippen LogP contribution in [0.1, 0.15) is 19.4 Å². The molecule has 0 heterocycles. The molecular weight excluding hydrogens is 221 g/mol. The van der Waals surface area contributed by atoms with Crippen LogP contribution in [0, 0.1) is 11.7 Å². The van der Waals surface area contributed by atoms with Crippen molar-refractivity contribution in [2.45, 2.75) is 26.3 Å². The van der Waals surface area contributed by atoms with Gasteiger partial charge in [0.15, 0.2) is 0 Å². The molecule has 0 aliphatic rings. The van der Waals surface area contributed by atoms with Gasteiger partial charge >= 0.3 is 5.97 Å². The molecule has 0 spiro atoms. The van der Waals surface area contributed by atoms with Crippen LogP contribution in [0.15, 0.2) is 24.3 Å². The second-order valence-corrected chi connectivity index (χ2v) is 4.21. The number of carboxylic acids is 1. The van der Waals surface area contributed by atoms with Gasteiger partial charge in [-0.3, -0.25) is 4.79 Å². The lowest BCUT2D eigenvalue weighted by molar-refractivity contribution is -0.141. The first-order chi connectivity index (χ1) is 8.02. The molecule has 0 aliphatic heterocycles. The van der Waals surface area contributed by atoms with Gasteiger partial charge in [0.05, 0.1) is 5.92 Å². The Morgan fingerprint density at radius 2 is 2.06 bits per heavy atom. The fraction of sp³-hybridized carbons (Fsp3) is 0.462. The van der Waals surface area contributed by atoms with Crippen molar-refractivity contribution in [2.24, 2.45) is 5.92 Å². The highest BCUT2D eigenvalue weighted by Crippen LogP contribution is 2.07. The molecule has 1 aromatic rings. The predicted molar refractivity (Wildman–Crippen MR) is 64.4 cm³/mol. The minimum atomic E-state index is -0.823. The molecule has 3 nitrogen and oxygen atoms in total. The van der Waals surface area contributed by atoms with Crippen LogP contribution in [0.25, 0.3) is 0 Å². The third kappa shape index (κ3) is 4.15. The number of carbonyl (C=O) groups is 1. The molecule has 0 aromatic heterocycles. The largest absolute Gasteiger partial charge is 0.481 e. The minimum absolute atomic E-state index is 0.126. The summed E-state index contributed by atoms with van der Waals surface area (Å²) in [6.45, 7) is 4.04. The molecule has 4 heteroatoms. The SMILES string of the molecule is CC(NCCc1ccccc1F)C(C)C(=O)O. The topological polar surface area (TPSA) is 49.3 Å². The molecule has 0 aliphatic carbocycles. The number of aliphatic carboxylic acids is 1. The third-order valence-corrected chi connectivity index (χ3v) is 2.96. The first kappa shape index (κ1) is 13.6. The summed E-state index contributed by atoms with van der Waals surface area (Å²) in [6, 6.07) is 6.49. The summed E-state index contributed by atoms with van der Waals surface area (Å²) in [7, 11) is 0. The molecule has 0 radical (unpaired) electrons. The molecule has 1 rings (SSSR count). The summed E-state index contributed by atoms with van der Waals surface area (Å²) in [5, 5.41) is 11.9. The molecule has 2 atom stereocenters. The standard InChI is InChI=1S/C13H18FNO2/c1-9(13(16)17)10(2)15-8-7-11-5-3-4-6-12(11)14/h3-6,9-10,15H,7-8H2,1-2H3,(H,16,17). The quantitative estimate of drug-likeness (QED) is 0.799. The molecular formula is C13H18FNO2. The molecule has 2 N–H and O–H groups in total. The zero-order chi connectivity index (χ0) is 12.8. The highest BCUT2D eigenvalue weighted by atomic mass is 19.1. The van der Waals surface area contributed by atoms with Gasteiger partial charge in [-0.15, -0.1) is 0 Å². The van der Waals surface area contributed by atoms with Gasteiger partial charge in [-0.1, -0.05) is 25.1 Å². The van der Waals surface area contributed by atoms with Crippen LogP contribution in [0.5, 0.6) is 0 Å². The van der Waals surface area contributed by atoms with Gasteiger partial charge in [0.1, 0.15) is 5.82 Å². The van der Waals surface area contributed by atoms with Gasteiger partial charge in [0, 0.05) is 6.04 Å². The van der Waals surface area contributed by atoms with E-state index < -0.39 is 11.9 Å². The number of benzene rings is 1. The Labute approximate surface area is 101 Å². The van der Waals surface area contributed by atoms with Gasteiger partial charge in [0.2, 0.25) is 0 Å². The van der Waals surface area contributed by atoms with Crippen LogP contribution in [0.2, 0.25) is 0 Å².